The number of fused-ring (bicyclic) bond motifs is 1. The van der Waals surface area contributed by atoms with Crippen LogP contribution in [0.4, 0.5) is 0 Å². The van der Waals surface area contributed by atoms with Crippen LogP contribution in [-0.2, 0) is 6.54 Å². The third-order valence-corrected chi connectivity index (χ3v) is 5.60. The van der Waals surface area contributed by atoms with Crippen LogP contribution in [0.3, 0.4) is 0 Å². The van der Waals surface area contributed by atoms with Crippen LogP contribution in [0.15, 0.2) is 114 Å². The standard InChI is InChI=1S/C29H20N2O4/c32-27(21-11-5-2-6-12-21)22-15-17-23(18-16-22)35-29(34)26-24-13-7-8-14-25(24)28(33)31(30-26)19-20-9-3-1-4-10-20/h1-18H,19H2. The van der Waals surface area contributed by atoms with E-state index in [1.807, 2.05) is 36.4 Å². The monoisotopic (exact) mass is 460 g/mol. The molecular formula is C29H20N2O4. The molecule has 0 fully saturated rings. The average molecular weight is 460 g/mol. The molecule has 6 nitrogen and oxygen atoms in total. The van der Waals surface area contributed by atoms with Gasteiger partial charge in [0.15, 0.2) is 11.5 Å². The number of carbonyl (C=O) groups is 2. The van der Waals surface area contributed by atoms with E-state index in [1.165, 1.54) is 4.68 Å². The number of carbonyl (C=O) groups excluding carboxylic acids is 2. The van der Waals surface area contributed by atoms with Gasteiger partial charge in [0.05, 0.1) is 11.9 Å². The van der Waals surface area contributed by atoms with Gasteiger partial charge >= 0.3 is 5.97 Å². The Morgan fingerprint density at radius 3 is 1.94 bits per heavy atom. The summed E-state index contributed by atoms with van der Waals surface area (Å²) < 4.78 is 6.84. The largest absolute Gasteiger partial charge is 0.422 e. The Bertz CT molecular complexity index is 1580. The molecule has 0 saturated carbocycles. The van der Waals surface area contributed by atoms with Gasteiger partial charge in [-0.3, -0.25) is 9.59 Å². The first-order valence-electron chi connectivity index (χ1n) is 11.1. The Balaban J connectivity index is 1.44. The molecule has 0 N–H and O–H groups in total. The highest BCUT2D eigenvalue weighted by molar-refractivity contribution is 6.09. The molecule has 5 rings (SSSR count). The van der Waals surface area contributed by atoms with Crippen LogP contribution < -0.4 is 10.3 Å². The second-order valence-corrected chi connectivity index (χ2v) is 7.95. The van der Waals surface area contributed by atoms with Crippen molar-refractivity contribution in [1.29, 1.82) is 0 Å². The Labute approximate surface area is 201 Å². The van der Waals surface area contributed by atoms with Crippen molar-refractivity contribution in [2.24, 2.45) is 0 Å². The minimum Gasteiger partial charge on any atom is -0.422 e. The van der Waals surface area contributed by atoms with Crippen molar-refractivity contribution in [1.82, 2.24) is 9.78 Å². The summed E-state index contributed by atoms with van der Waals surface area (Å²) in [6.07, 6.45) is 0. The lowest BCUT2D eigenvalue weighted by atomic mass is 10.0. The Kier molecular flexibility index (Phi) is 6.01. The number of esters is 1. The van der Waals surface area contributed by atoms with Gasteiger partial charge in [0.1, 0.15) is 5.75 Å². The number of ether oxygens (including phenoxy) is 1. The highest BCUT2D eigenvalue weighted by Crippen LogP contribution is 2.19. The van der Waals surface area contributed by atoms with Gasteiger partial charge in [0.25, 0.3) is 5.56 Å². The van der Waals surface area contributed by atoms with E-state index >= 15 is 0 Å². The van der Waals surface area contributed by atoms with Gasteiger partial charge in [-0.25, -0.2) is 9.48 Å². The zero-order valence-corrected chi connectivity index (χ0v) is 18.6. The van der Waals surface area contributed by atoms with Crippen molar-refractivity contribution in [2.75, 3.05) is 0 Å². The van der Waals surface area contributed by atoms with E-state index in [0.29, 0.717) is 21.9 Å². The van der Waals surface area contributed by atoms with Crippen molar-refractivity contribution in [3.63, 3.8) is 0 Å². The highest BCUT2D eigenvalue weighted by atomic mass is 16.5. The molecule has 1 heterocycles. The summed E-state index contributed by atoms with van der Waals surface area (Å²) in [5.74, 6) is -0.541. The van der Waals surface area contributed by atoms with Gasteiger partial charge in [-0.1, -0.05) is 78.9 Å². The summed E-state index contributed by atoms with van der Waals surface area (Å²) in [6, 6.07) is 31.6. The number of benzene rings is 4. The summed E-state index contributed by atoms with van der Waals surface area (Å²) in [4.78, 5) is 38.7. The number of ketones is 1. The van der Waals surface area contributed by atoms with Crippen LogP contribution in [-0.4, -0.2) is 21.5 Å². The van der Waals surface area contributed by atoms with E-state index < -0.39 is 5.97 Å². The Morgan fingerprint density at radius 1 is 0.686 bits per heavy atom. The zero-order valence-electron chi connectivity index (χ0n) is 18.6. The average Bonchev–Trinajstić information content (AvgIpc) is 2.91. The maximum atomic E-state index is 13.1. The quantitative estimate of drug-likeness (QED) is 0.205. The molecular weight excluding hydrogens is 440 g/mol. The van der Waals surface area contributed by atoms with Gasteiger partial charge in [-0.05, 0) is 35.9 Å². The molecule has 0 spiro atoms. The molecule has 0 bridgehead atoms. The van der Waals surface area contributed by atoms with E-state index in [0.717, 1.165) is 5.56 Å². The lowest BCUT2D eigenvalue weighted by Crippen LogP contribution is -2.27. The number of rotatable bonds is 6. The van der Waals surface area contributed by atoms with E-state index in [1.54, 1.807) is 72.8 Å². The fraction of sp³-hybridized carbons (Fsp3) is 0.0345. The van der Waals surface area contributed by atoms with Gasteiger partial charge in [0.2, 0.25) is 0 Å². The molecule has 35 heavy (non-hydrogen) atoms. The highest BCUT2D eigenvalue weighted by Gasteiger charge is 2.19. The smallest absolute Gasteiger partial charge is 0.364 e. The van der Waals surface area contributed by atoms with Crippen LogP contribution in [0.5, 0.6) is 5.75 Å². The van der Waals surface area contributed by atoms with Crippen molar-refractivity contribution in [2.45, 2.75) is 6.54 Å². The van der Waals surface area contributed by atoms with E-state index in [2.05, 4.69) is 5.10 Å². The first-order valence-corrected chi connectivity index (χ1v) is 11.1. The molecule has 0 unspecified atom stereocenters. The second-order valence-electron chi connectivity index (χ2n) is 7.95. The molecule has 4 aromatic carbocycles. The molecule has 170 valence electrons. The third kappa shape index (κ3) is 4.63. The number of aromatic nitrogens is 2. The molecule has 0 aliphatic rings. The summed E-state index contributed by atoms with van der Waals surface area (Å²) in [6.45, 7) is 0.223. The Morgan fingerprint density at radius 2 is 1.26 bits per heavy atom. The minimum absolute atomic E-state index is 0.0422. The fourth-order valence-electron chi connectivity index (χ4n) is 3.84. The van der Waals surface area contributed by atoms with Crippen molar-refractivity contribution in [3.05, 3.63) is 142 Å². The van der Waals surface area contributed by atoms with Gasteiger partial charge in [0, 0.05) is 16.5 Å². The fourth-order valence-corrected chi connectivity index (χ4v) is 3.84. The number of hydrogen-bond donors (Lipinski definition) is 0. The van der Waals surface area contributed by atoms with Crippen LogP contribution in [0.25, 0.3) is 10.8 Å². The minimum atomic E-state index is -0.690. The van der Waals surface area contributed by atoms with E-state index in [4.69, 9.17) is 4.74 Å². The van der Waals surface area contributed by atoms with Crippen LogP contribution in [0, 0.1) is 0 Å². The molecule has 6 heteroatoms. The SMILES string of the molecule is O=C(c1ccccc1)c1ccc(OC(=O)c2nn(Cc3ccccc3)c(=O)c3ccccc23)cc1. The van der Waals surface area contributed by atoms with Crippen molar-refractivity contribution in [3.8, 4) is 5.75 Å². The van der Waals surface area contributed by atoms with E-state index in [-0.39, 0.29) is 29.3 Å². The molecule has 0 saturated heterocycles. The topological polar surface area (TPSA) is 78.3 Å². The van der Waals surface area contributed by atoms with Gasteiger partial charge in [-0.2, -0.15) is 5.10 Å². The molecule has 0 radical (unpaired) electrons. The summed E-state index contributed by atoms with van der Waals surface area (Å²) in [5.41, 5.74) is 1.70. The van der Waals surface area contributed by atoms with Crippen molar-refractivity contribution < 1.29 is 14.3 Å². The molecule has 0 atom stereocenters. The predicted molar refractivity (Wildman–Crippen MR) is 133 cm³/mol. The zero-order chi connectivity index (χ0) is 24.2. The normalized spacial score (nSPS) is 10.7. The lowest BCUT2D eigenvalue weighted by Gasteiger charge is -2.11. The van der Waals surface area contributed by atoms with Gasteiger partial charge in [-0.15, -0.1) is 0 Å². The molecule has 0 aliphatic heterocycles. The van der Waals surface area contributed by atoms with Crippen LogP contribution in [0.1, 0.15) is 32.0 Å². The molecule has 0 amide bonds. The maximum Gasteiger partial charge on any atom is 0.364 e. The second kappa shape index (κ2) is 9.57. The molecule has 0 aliphatic carbocycles. The summed E-state index contributed by atoms with van der Waals surface area (Å²) in [5, 5.41) is 5.16. The Hall–Kier alpha value is -4.84. The lowest BCUT2D eigenvalue weighted by molar-refractivity contribution is 0.0728. The first kappa shape index (κ1) is 22.0. The van der Waals surface area contributed by atoms with Crippen LogP contribution >= 0.6 is 0 Å². The molecule has 1 aromatic heterocycles. The summed E-state index contributed by atoms with van der Waals surface area (Å²) in [7, 11) is 0. The van der Waals surface area contributed by atoms with Gasteiger partial charge < -0.3 is 4.74 Å². The number of nitrogens with zero attached hydrogens (tertiary/aromatic N) is 2. The summed E-state index contributed by atoms with van der Waals surface area (Å²) >= 11 is 0. The maximum absolute atomic E-state index is 13.1. The van der Waals surface area contributed by atoms with Crippen molar-refractivity contribution >= 4 is 22.5 Å². The third-order valence-electron chi connectivity index (χ3n) is 5.60. The van der Waals surface area contributed by atoms with E-state index in [9.17, 15) is 14.4 Å². The first-order chi connectivity index (χ1) is 17.1. The van der Waals surface area contributed by atoms with Crippen LogP contribution in [0.2, 0.25) is 0 Å². The number of hydrogen-bond acceptors (Lipinski definition) is 5. The molecule has 5 aromatic rings. The predicted octanol–water partition coefficient (Wildman–Crippen LogP) is 4.90.